The van der Waals surface area contributed by atoms with Gasteiger partial charge in [-0.05, 0) is 49.7 Å². The summed E-state index contributed by atoms with van der Waals surface area (Å²) in [6, 6.07) is 47.2. The summed E-state index contributed by atoms with van der Waals surface area (Å²) in [4.78, 5) is 28.9. The minimum atomic E-state index is -0.302. The van der Waals surface area contributed by atoms with Crippen LogP contribution in [-0.4, -0.2) is 34.5 Å². The second-order valence-electron chi connectivity index (χ2n) is 12.6. The van der Waals surface area contributed by atoms with Crippen LogP contribution in [-0.2, 0) is 0 Å². The van der Waals surface area contributed by atoms with E-state index in [1.54, 1.807) is 12.1 Å². The smallest absolute Gasteiger partial charge is 0.166 e. The predicted molar refractivity (Wildman–Crippen MR) is 204 cm³/mol. The topological polar surface area (TPSA) is 82.3 Å². The van der Waals surface area contributed by atoms with Crippen LogP contribution < -0.4 is 0 Å². The van der Waals surface area contributed by atoms with Gasteiger partial charge in [-0.25, -0.2) is 34.3 Å². The van der Waals surface area contributed by atoms with Gasteiger partial charge in [-0.2, -0.15) is 0 Å². The van der Waals surface area contributed by atoms with E-state index in [9.17, 15) is 0 Å². The van der Waals surface area contributed by atoms with Crippen molar-refractivity contribution in [3.63, 3.8) is 0 Å². The first-order chi connectivity index (χ1) is 25.5. The Bertz CT molecular complexity index is 2700. The summed E-state index contributed by atoms with van der Waals surface area (Å²) >= 11 is 0. The van der Waals surface area contributed by atoms with Gasteiger partial charge in [0.05, 0.1) is 16.7 Å². The van der Waals surface area contributed by atoms with Crippen molar-refractivity contribution in [1.82, 2.24) is 34.5 Å². The van der Waals surface area contributed by atoms with Gasteiger partial charge in [0, 0.05) is 38.6 Å². The second kappa shape index (κ2) is 12.8. The molecule has 0 bridgehead atoms. The largest absolute Gasteiger partial charge is 0.308 e. The maximum atomic E-state index is 15.4. The van der Waals surface area contributed by atoms with Crippen LogP contribution in [0.5, 0.6) is 0 Å². The molecule has 6 aromatic carbocycles. The van der Waals surface area contributed by atoms with Gasteiger partial charge < -0.3 is 4.57 Å². The van der Waals surface area contributed by atoms with E-state index >= 15 is 4.39 Å². The van der Waals surface area contributed by atoms with Gasteiger partial charge in [-0.3, -0.25) is 0 Å². The number of para-hydroxylation sites is 1. The van der Waals surface area contributed by atoms with Crippen molar-refractivity contribution in [3.8, 4) is 62.4 Å². The van der Waals surface area contributed by atoms with Gasteiger partial charge >= 0.3 is 0 Å². The predicted octanol–water partition coefficient (Wildman–Crippen LogP) is 10.2. The van der Waals surface area contributed by atoms with E-state index in [1.165, 1.54) is 6.07 Å². The molecule has 3 aromatic heterocycles. The van der Waals surface area contributed by atoms with Gasteiger partial charge in [0.25, 0.3) is 0 Å². The lowest BCUT2D eigenvalue weighted by Crippen LogP contribution is -2.04. The van der Waals surface area contributed by atoms with Gasteiger partial charge in [-0.15, -0.1) is 0 Å². The maximum absolute atomic E-state index is 15.4. The Morgan fingerprint density at radius 3 is 1.65 bits per heavy atom. The van der Waals surface area contributed by atoms with E-state index in [1.807, 2.05) is 117 Å². The average Bonchev–Trinajstić information content (AvgIpc) is 3.51. The molecule has 0 unspecified atom stereocenters. The fourth-order valence-electron chi connectivity index (χ4n) is 6.81. The molecule has 7 nitrogen and oxygen atoms in total. The summed E-state index contributed by atoms with van der Waals surface area (Å²) in [5.74, 6) is 3.21. The molecule has 0 aliphatic heterocycles. The maximum Gasteiger partial charge on any atom is 0.166 e. The molecule has 0 aliphatic rings. The Balaban J connectivity index is 1.37. The number of nitrogens with zero attached hydrogens (tertiary/aromatic N) is 7. The van der Waals surface area contributed by atoms with E-state index in [0.717, 1.165) is 55.3 Å². The van der Waals surface area contributed by atoms with E-state index in [-0.39, 0.29) is 5.82 Å². The van der Waals surface area contributed by atoms with Gasteiger partial charge in [0.2, 0.25) is 0 Å². The summed E-state index contributed by atoms with van der Waals surface area (Å²) in [5.41, 5.74) is 7.28. The molecule has 0 radical (unpaired) electrons. The summed E-state index contributed by atoms with van der Waals surface area (Å²) in [6.07, 6.45) is 0. The standard InChI is InChI=1S/C44H30FN7/c1-27-46-28(2)48-43(47-27)32-22-23-35-34-18-10-12-20-38(34)52(39(35)26-32)40-25-31(33-17-9-11-19-37(33)45)21-24-36(40)44-50-41(29-13-5-3-6-14-29)49-42(51-44)30-15-7-4-8-16-30/h3-26H,1-2H3. The van der Waals surface area contributed by atoms with Crippen LogP contribution in [0, 0.1) is 19.7 Å². The average molecular weight is 676 g/mol. The molecule has 3 heterocycles. The van der Waals surface area contributed by atoms with Crippen LogP contribution in [0.3, 0.4) is 0 Å². The molecule has 0 saturated heterocycles. The highest BCUT2D eigenvalue weighted by molar-refractivity contribution is 6.10. The molecule has 0 spiro atoms. The number of hydrogen-bond acceptors (Lipinski definition) is 6. The minimum absolute atomic E-state index is 0.302. The Morgan fingerprint density at radius 2 is 0.962 bits per heavy atom. The number of hydrogen-bond donors (Lipinski definition) is 0. The Morgan fingerprint density at radius 1 is 0.404 bits per heavy atom. The number of benzene rings is 6. The highest BCUT2D eigenvalue weighted by Crippen LogP contribution is 2.39. The van der Waals surface area contributed by atoms with Crippen LogP contribution in [0.1, 0.15) is 11.6 Å². The van der Waals surface area contributed by atoms with Crippen molar-refractivity contribution in [1.29, 1.82) is 0 Å². The number of aromatic nitrogens is 7. The van der Waals surface area contributed by atoms with Crippen LogP contribution in [0.4, 0.5) is 4.39 Å². The zero-order valence-electron chi connectivity index (χ0n) is 28.4. The van der Waals surface area contributed by atoms with Gasteiger partial charge in [-0.1, -0.05) is 115 Å². The molecule has 52 heavy (non-hydrogen) atoms. The lowest BCUT2D eigenvalue weighted by Gasteiger charge is -2.17. The quantitative estimate of drug-likeness (QED) is 0.174. The molecule has 0 aliphatic carbocycles. The molecule has 9 aromatic rings. The van der Waals surface area contributed by atoms with Crippen molar-refractivity contribution in [2.75, 3.05) is 0 Å². The summed E-state index contributed by atoms with van der Waals surface area (Å²) in [5, 5.41) is 2.12. The summed E-state index contributed by atoms with van der Waals surface area (Å²) < 4.78 is 17.6. The zero-order valence-corrected chi connectivity index (χ0v) is 28.4. The first-order valence-electron chi connectivity index (χ1n) is 17.0. The third kappa shape index (κ3) is 5.56. The molecule has 248 valence electrons. The van der Waals surface area contributed by atoms with Crippen molar-refractivity contribution >= 4 is 21.8 Å². The fraction of sp³-hybridized carbons (Fsp3) is 0.0455. The Labute approximate surface area is 299 Å². The molecule has 8 heteroatoms. The van der Waals surface area contributed by atoms with Crippen molar-refractivity contribution in [2.45, 2.75) is 13.8 Å². The van der Waals surface area contributed by atoms with Crippen molar-refractivity contribution in [2.24, 2.45) is 0 Å². The van der Waals surface area contributed by atoms with E-state index in [2.05, 4.69) is 43.8 Å². The van der Waals surface area contributed by atoms with Gasteiger partial charge in [0.1, 0.15) is 17.5 Å². The molecule has 0 atom stereocenters. The Hall–Kier alpha value is -6.93. The summed E-state index contributed by atoms with van der Waals surface area (Å²) in [7, 11) is 0. The third-order valence-corrected chi connectivity index (χ3v) is 9.15. The lowest BCUT2D eigenvalue weighted by molar-refractivity contribution is 0.631. The minimum Gasteiger partial charge on any atom is -0.308 e. The highest BCUT2D eigenvalue weighted by atomic mass is 19.1. The van der Waals surface area contributed by atoms with Gasteiger partial charge in [0.15, 0.2) is 23.3 Å². The van der Waals surface area contributed by atoms with Crippen LogP contribution >= 0.6 is 0 Å². The van der Waals surface area contributed by atoms with E-state index in [4.69, 9.17) is 15.0 Å². The van der Waals surface area contributed by atoms with E-state index < -0.39 is 0 Å². The van der Waals surface area contributed by atoms with E-state index in [0.29, 0.717) is 40.5 Å². The number of fused-ring (bicyclic) bond motifs is 3. The SMILES string of the molecule is Cc1nc(C)nc(-c2ccc3c4ccccc4n(-c4cc(-c5ccccc5F)ccc4-c4nc(-c5ccccc5)nc(-c5ccccc5)n4)c3c2)n1. The highest BCUT2D eigenvalue weighted by Gasteiger charge is 2.21. The fourth-order valence-corrected chi connectivity index (χ4v) is 6.81. The first-order valence-corrected chi connectivity index (χ1v) is 17.0. The zero-order chi connectivity index (χ0) is 35.2. The molecule has 0 N–H and O–H groups in total. The molecular formula is C44H30FN7. The normalized spacial score (nSPS) is 11.4. The third-order valence-electron chi connectivity index (χ3n) is 9.15. The molecule has 0 saturated carbocycles. The summed E-state index contributed by atoms with van der Waals surface area (Å²) in [6.45, 7) is 3.74. The van der Waals surface area contributed by atoms with Crippen LogP contribution in [0.15, 0.2) is 146 Å². The monoisotopic (exact) mass is 675 g/mol. The van der Waals surface area contributed by atoms with Crippen LogP contribution in [0.25, 0.3) is 84.2 Å². The van der Waals surface area contributed by atoms with Crippen LogP contribution in [0.2, 0.25) is 0 Å². The lowest BCUT2D eigenvalue weighted by atomic mass is 10.0. The molecule has 0 fully saturated rings. The molecule has 0 amide bonds. The number of halogens is 1. The Kier molecular flexibility index (Phi) is 7.62. The molecular weight excluding hydrogens is 646 g/mol. The van der Waals surface area contributed by atoms with Crippen molar-refractivity contribution in [3.05, 3.63) is 163 Å². The number of rotatable bonds is 6. The first kappa shape index (κ1) is 31.1. The second-order valence-corrected chi connectivity index (χ2v) is 12.6. The number of aryl methyl sites for hydroxylation is 2. The molecule has 9 rings (SSSR count). The van der Waals surface area contributed by atoms with Crippen molar-refractivity contribution < 1.29 is 4.39 Å².